The van der Waals surface area contributed by atoms with Gasteiger partial charge in [-0.25, -0.2) is 0 Å². The molecule has 2 nitrogen and oxygen atoms in total. The molecular formula is C13H28N2. The van der Waals surface area contributed by atoms with E-state index >= 15 is 0 Å². The van der Waals surface area contributed by atoms with Gasteiger partial charge in [0.1, 0.15) is 0 Å². The number of rotatable bonds is 4. The van der Waals surface area contributed by atoms with Gasteiger partial charge in [0.05, 0.1) is 0 Å². The molecule has 1 rings (SSSR count). The van der Waals surface area contributed by atoms with Crippen LogP contribution < -0.4 is 5.32 Å². The van der Waals surface area contributed by atoms with Crippen LogP contribution in [0.2, 0.25) is 0 Å². The normalized spacial score (nSPS) is 27.6. The van der Waals surface area contributed by atoms with Crippen LogP contribution >= 0.6 is 0 Å². The standard InChI is InChI=1S/C13H28N2/c1-5-6-7-10-15-12(2)11-14-9-8-13(15,3)4/h12,14H,5-11H2,1-4H3. The van der Waals surface area contributed by atoms with E-state index in [1.54, 1.807) is 0 Å². The van der Waals surface area contributed by atoms with E-state index in [-0.39, 0.29) is 0 Å². The fourth-order valence-electron chi connectivity index (χ4n) is 2.61. The lowest BCUT2D eigenvalue weighted by atomic mass is 9.96. The SMILES string of the molecule is CCCCCN1C(C)CNCCC1(C)C. The largest absolute Gasteiger partial charge is 0.315 e. The maximum atomic E-state index is 3.53. The first-order valence-electron chi connectivity index (χ1n) is 6.55. The molecule has 0 aromatic rings. The monoisotopic (exact) mass is 212 g/mol. The molecule has 90 valence electrons. The maximum absolute atomic E-state index is 3.53. The molecule has 1 unspecified atom stereocenters. The molecule has 0 spiro atoms. The van der Waals surface area contributed by atoms with Gasteiger partial charge in [-0.15, -0.1) is 0 Å². The Hall–Kier alpha value is -0.0800. The second-order valence-electron chi connectivity index (χ2n) is 5.52. The van der Waals surface area contributed by atoms with Crippen molar-refractivity contribution in [1.82, 2.24) is 10.2 Å². The molecule has 0 bridgehead atoms. The molecule has 1 N–H and O–H groups in total. The van der Waals surface area contributed by atoms with E-state index in [0.717, 1.165) is 6.54 Å². The first-order chi connectivity index (χ1) is 7.08. The lowest BCUT2D eigenvalue weighted by molar-refractivity contribution is 0.0837. The van der Waals surface area contributed by atoms with E-state index in [2.05, 4.69) is 37.9 Å². The minimum atomic E-state index is 0.372. The van der Waals surface area contributed by atoms with Gasteiger partial charge in [0, 0.05) is 18.1 Å². The van der Waals surface area contributed by atoms with Crippen LogP contribution in [0.25, 0.3) is 0 Å². The Morgan fingerprint density at radius 1 is 1.33 bits per heavy atom. The number of hydrogen-bond acceptors (Lipinski definition) is 2. The van der Waals surface area contributed by atoms with Crippen LogP contribution in [0.1, 0.15) is 53.4 Å². The molecule has 15 heavy (non-hydrogen) atoms. The fraction of sp³-hybridized carbons (Fsp3) is 1.00. The highest BCUT2D eigenvalue weighted by molar-refractivity contribution is 4.89. The summed E-state index contributed by atoms with van der Waals surface area (Å²) in [5.41, 5.74) is 0.372. The average Bonchev–Trinajstić information content (AvgIpc) is 2.29. The van der Waals surface area contributed by atoms with Crippen LogP contribution in [0.5, 0.6) is 0 Å². The molecule has 0 saturated carbocycles. The van der Waals surface area contributed by atoms with Crippen molar-refractivity contribution in [2.75, 3.05) is 19.6 Å². The number of nitrogens with zero attached hydrogens (tertiary/aromatic N) is 1. The summed E-state index contributed by atoms with van der Waals surface area (Å²) in [6, 6.07) is 0.680. The summed E-state index contributed by atoms with van der Waals surface area (Å²) >= 11 is 0. The lowest BCUT2D eigenvalue weighted by Gasteiger charge is -2.40. The smallest absolute Gasteiger partial charge is 0.0197 e. The molecule has 0 aromatic carbocycles. The Bertz CT molecular complexity index is 177. The summed E-state index contributed by atoms with van der Waals surface area (Å²) in [5.74, 6) is 0. The molecule has 1 fully saturated rings. The van der Waals surface area contributed by atoms with Crippen molar-refractivity contribution in [3.05, 3.63) is 0 Å². The lowest BCUT2D eigenvalue weighted by Crippen LogP contribution is -2.49. The zero-order valence-electron chi connectivity index (χ0n) is 11.0. The minimum Gasteiger partial charge on any atom is -0.315 e. The van der Waals surface area contributed by atoms with Gasteiger partial charge in [-0.3, -0.25) is 4.90 Å². The quantitative estimate of drug-likeness (QED) is 0.721. The average molecular weight is 212 g/mol. The van der Waals surface area contributed by atoms with Crippen LogP contribution in [0.15, 0.2) is 0 Å². The molecule has 1 aliphatic rings. The third-order valence-electron chi connectivity index (χ3n) is 3.67. The first-order valence-corrected chi connectivity index (χ1v) is 6.55. The molecular weight excluding hydrogens is 184 g/mol. The summed E-state index contributed by atoms with van der Waals surface area (Å²) in [4.78, 5) is 2.70. The Kier molecular flexibility index (Phi) is 5.07. The highest BCUT2D eigenvalue weighted by Gasteiger charge is 2.31. The Balaban J connectivity index is 2.52. The van der Waals surface area contributed by atoms with Gasteiger partial charge in [-0.1, -0.05) is 19.8 Å². The molecule has 0 radical (unpaired) electrons. The second kappa shape index (κ2) is 5.86. The van der Waals surface area contributed by atoms with E-state index in [1.165, 1.54) is 38.8 Å². The molecule has 1 aliphatic heterocycles. The van der Waals surface area contributed by atoms with Gasteiger partial charge < -0.3 is 5.32 Å². The van der Waals surface area contributed by atoms with Gasteiger partial charge in [0.15, 0.2) is 0 Å². The van der Waals surface area contributed by atoms with Gasteiger partial charge in [0.25, 0.3) is 0 Å². The van der Waals surface area contributed by atoms with Crippen molar-refractivity contribution in [2.24, 2.45) is 0 Å². The molecule has 0 aromatic heterocycles. The Morgan fingerprint density at radius 2 is 2.07 bits per heavy atom. The molecule has 1 atom stereocenters. The molecule has 1 heterocycles. The van der Waals surface area contributed by atoms with Crippen molar-refractivity contribution in [2.45, 2.75) is 65.0 Å². The topological polar surface area (TPSA) is 15.3 Å². The number of nitrogens with one attached hydrogen (secondary N) is 1. The molecule has 0 amide bonds. The molecule has 0 aliphatic carbocycles. The van der Waals surface area contributed by atoms with Crippen LogP contribution in [-0.2, 0) is 0 Å². The Labute approximate surface area is 95.4 Å². The van der Waals surface area contributed by atoms with Crippen molar-refractivity contribution in [3.63, 3.8) is 0 Å². The summed E-state index contributed by atoms with van der Waals surface area (Å²) in [6.07, 6.45) is 5.31. The predicted octanol–water partition coefficient (Wildman–Crippen LogP) is 2.64. The first kappa shape index (κ1) is 13.0. The van der Waals surface area contributed by atoms with Crippen LogP contribution in [0.4, 0.5) is 0 Å². The van der Waals surface area contributed by atoms with Crippen molar-refractivity contribution in [1.29, 1.82) is 0 Å². The highest BCUT2D eigenvalue weighted by Crippen LogP contribution is 2.23. The van der Waals surface area contributed by atoms with Gasteiger partial charge in [-0.2, -0.15) is 0 Å². The van der Waals surface area contributed by atoms with Crippen molar-refractivity contribution >= 4 is 0 Å². The summed E-state index contributed by atoms with van der Waals surface area (Å²) in [7, 11) is 0. The molecule has 2 heteroatoms. The zero-order valence-corrected chi connectivity index (χ0v) is 11.0. The van der Waals surface area contributed by atoms with Crippen LogP contribution in [-0.4, -0.2) is 36.1 Å². The van der Waals surface area contributed by atoms with E-state index in [1.807, 2.05) is 0 Å². The van der Waals surface area contributed by atoms with E-state index in [4.69, 9.17) is 0 Å². The summed E-state index contributed by atoms with van der Waals surface area (Å²) < 4.78 is 0. The summed E-state index contributed by atoms with van der Waals surface area (Å²) in [6.45, 7) is 13.0. The fourth-order valence-corrected chi connectivity index (χ4v) is 2.61. The third kappa shape index (κ3) is 3.76. The summed E-state index contributed by atoms with van der Waals surface area (Å²) in [5, 5.41) is 3.53. The zero-order chi connectivity index (χ0) is 11.3. The van der Waals surface area contributed by atoms with Gasteiger partial charge in [-0.05, 0) is 46.7 Å². The third-order valence-corrected chi connectivity index (χ3v) is 3.67. The second-order valence-corrected chi connectivity index (χ2v) is 5.52. The highest BCUT2D eigenvalue weighted by atomic mass is 15.2. The molecule has 1 saturated heterocycles. The minimum absolute atomic E-state index is 0.372. The van der Waals surface area contributed by atoms with Crippen molar-refractivity contribution in [3.8, 4) is 0 Å². The van der Waals surface area contributed by atoms with E-state index < -0.39 is 0 Å². The maximum Gasteiger partial charge on any atom is 0.0197 e. The van der Waals surface area contributed by atoms with Gasteiger partial charge in [0.2, 0.25) is 0 Å². The Morgan fingerprint density at radius 3 is 2.73 bits per heavy atom. The van der Waals surface area contributed by atoms with Crippen LogP contribution in [0, 0.1) is 0 Å². The van der Waals surface area contributed by atoms with Gasteiger partial charge >= 0.3 is 0 Å². The van der Waals surface area contributed by atoms with Crippen LogP contribution in [0.3, 0.4) is 0 Å². The predicted molar refractivity (Wildman–Crippen MR) is 67.3 cm³/mol. The van der Waals surface area contributed by atoms with Crippen molar-refractivity contribution < 1.29 is 0 Å². The number of unbranched alkanes of at least 4 members (excludes halogenated alkanes) is 2. The number of hydrogen-bond donors (Lipinski definition) is 1. The van der Waals surface area contributed by atoms with E-state index in [0.29, 0.717) is 11.6 Å². The van der Waals surface area contributed by atoms with E-state index in [9.17, 15) is 0 Å².